The van der Waals surface area contributed by atoms with Crippen LogP contribution in [0.1, 0.15) is 65.5 Å². The second-order valence-electron chi connectivity index (χ2n) is 10.3. The SMILES string of the molecule is CCOc1cc([C@H](C)N2CC3(CC3)c3c(CN(C)C)cc(CN4CCOC4=O)cc3C2=O)ncc1F. The van der Waals surface area contributed by atoms with Gasteiger partial charge in [0.05, 0.1) is 31.1 Å². The quantitative estimate of drug-likeness (QED) is 0.552. The van der Waals surface area contributed by atoms with Crippen LogP contribution in [0.2, 0.25) is 0 Å². The number of aromatic nitrogens is 1. The lowest BCUT2D eigenvalue weighted by atomic mass is 9.81. The minimum Gasteiger partial charge on any atom is -0.491 e. The number of amides is 2. The van der Waals surface area contributed by atoms with E-state index in [1.54, 1.807) is 17.9 Å². The molecule has 5 rings (SSSR count). The Balaban J connectivity index is 1.53. The number of rotatable bonds is 8. The molecule has 0 N–H and O–H groups in total. The summed E-state index contributed by atoms with van der Waals surface area (Å²) < 4.78 is 24.7. The number of nitrogens with zero attached hydrogens (tertiary/aromatic N) is 4. The zero-order valence-corrected chi connectivity index (χ0v) is 21.3. The standard InChI is InChI=1S/C27H33FN4O4/c1-5-35-23-12-22(29-13-21(23)28)17(2)32-16-27(6-7-27)24-19(15-30(3)4)10-18(11-20(24)25(32)33)14-31-8-9-36-26(31)34/h10-13,17H,5-9,14-16H2,1-4H3/t17-/m0/s1. The summed E-state index contributed by atoms with van der Waals surface area (Å²) in [5.74, 6) is -0.432. The maximum atomic E-state index is 14.1. The van der Waals surface area contributed by atoms with E-state index >= 15 is 0 Å². The monoisotopic (exact) mass is 496 g/mol. The molecule has 1 atom stereocenters. The number of carbonyl (C=O) groups is 2. The third-order valence-corrected chi connectivity index (χ3v) is 7.37. The highest BCUT2D eigenvalue weighted by Gasteiger charge is 2.53. The van der Waals surface area contributed by atoms with E-state index in [0.717, 1.165) is 35.7 Å². The van der Waals surface area contributed by atoms with Gasteiger partial charge in [-0.2, -0.15) is 0 Å². The normalized spacial score (nSPS) is 19.1. The van der Waals surface area contributed by atoms with Crippen molar-refractivity contribution < 1.29 is 23.5 Å². The molecule has 2 amide bonds. The number of pyridine rings is 1. The molecular weight excluding hydrogens is 463 g/mol. The molecular formula is C27H33FN4O4. The number of ether oxygens (including phenoxy) is 2. The average Bonchev–Trinajstić information content (AvgIpc) is 3.49. The number of halogens is 1. The lowest BCUT2D eigenvalue weighted by molar-refractivity contribution is 0.0633. The molecule has 192 valence electrons. The van der Waals surface area contributed by atoms with Crippen molar-refractivity contribution in [3.63, 3.8) is 0 Å². The van der Waals surface area contributed by atoms with E-state index in [9.17, 15) is 14.0 Å². The van der Waals surface area contributed by atoms with E-state index in [4.69, 9.17) is 9.47 Å². The van der Waals surface area contributed by atoms with Gasteiger partial charge in [0, 0.05) is 36.7 Å². The van der Waals surface area contributed by atoms with Gasteiger partial charge in [-0.05, 0) is 63.5 Å². The Bertz CT molecular complexity index is 1200. The molecule has 8 nitrogen and oxygen atoms in total. The number of benzene rings is 1. The predicted octanol–water partition coefficient (Wildman–Crippen LogP) is 3.88. The third-order valence-electron chi connectivity index (χ3n) is 7.37. The molecule has 1 aromatic heterocycles. The highest BCUT2D eigenvalue weighted by atomic mass is 19.1. The van der Waals surface area contributed by atoms with Crippen molar-refractivity contribution in [2.75, 3.05) is 40.4 Å². The predicted molar refractivity (Wildman–Crippen MR) is 131 cm³/mol. The van der Waals surface area contributed by atoms with Gasteiger partial charge >= 0.3 is 6.09 Å². The van der Waals surface area contributed by atoms with E-state index in [-0.39, 0.29) is 29.2 Å². The van der Waals surface area contributed by atoms with Crippen molar-refractivity contribution in [2.24, 2.45) is 0 Å². The maximum absolute atomic E-state index is 14.1. The fraction of sp³-hybridized carbons (Fsp3) is 0.519. The Hall–Kier alpha value is -3.20. The summed E-state index contributed by atoms with van der Waals surface area (Å²) in [6, 6.07) is 5.34. The smallest absolute Gasteiger partial charge is 0.410 e. The fourth-order valence-electron chi connectivity index (χ4n) is 5.50. The van der Waals surface area contributed by atoms with Gasteiger partial charge < -0.3 is 24.2 Å². The van der Waals surface area contributed by atoms with E-state index in [0.29, 0.717) is 50.7 Å². The van der Waals surface area contributed by atoms with Crippen LogP contribution in [0.25, 0.3) is 0 Å². The molecule has 0 unspecified atom stereocenters. The van der Waals surface area contributed by atoms with Crippen LogP contribution in [0.15, 0.2) is 24.4 Å². The molecule has 9 heteroatoms. The Morgan fingerprint density at radius 3 is 2.67 bits per heavy atom. The summed E-state index contributed by atoms with van der Waals surface area (Å²) in [6.45, 7) is 6.71. The average molecular weight is 497 g/mol. The molecule has 3 heterocycles. The molecule has 1 spiro atoms. The van der Waals surface area contributed by atoms with Crippen LogP contribution in [0, 0.1) is 5.82 Å². The summed E-state index contributed by atoms with van der Waals surface area (Å²) in [6.07, 6.45) is 2.86. The molecule has 1 saturated heterocycles. The highest BCUT2D eigenvalue weighted by molar-refractivity contribution is 5.99. The van der Waals surface area contributed by atoms with Gasteiger partial charge in [0.25, 0.3) is 5.91 Å². The lowest BCUT2D eigenvalue weighted by Crippen LogP contribution is -2.45. The number of hydrogen-bond donors (Lipinski definition) is 0. The molecule has 2 aromatic rings. The minimum atomic E-state index is -0.514. The van der Waals surface area contributed by atoms with Crippen LogP contribution in [0.5, 0.6) is 5.75 Å². The minimum absolute atomic E-state index is 0.0648. The van der Waals surface area contributed by atoms with Crippen molar-refractivity contribution in [2.45, 2.75) is 51.2 Å². The Labute approximate surface area is 211 Å². The Kier molecular flexibility index (Phi) is 6.36. The molecule has 1 aliphatic carbocycles. The zero-order chi connectivity index (χ0) is 25.6. The molecule has 2 aliphatic heterocycles. The molecule has 1 aromatic carbocycles. The topological polar surface area (TPSA) is 75.2 Å². The van der Waals surface area contributed by atoms with Crippen LogP contribution in [-0.2, 0) is 23.2 Å². The van der Waals surface area contributed by atoms with Crippen molar-refractivity contribution in [3.8, 4) is 5.75 Å². The molecule has 2 fully saturated rings. The largest absolute Gasteiger partial charge is 0.491 e. The number of hydrogen-bond acceptors (Lipinski definition) is 6. The zero-order valence-electron chi connectivity index (χ0n) is 21.3. The number of carbonyl (C=O) groups excluding carboxylic acids is 2. The second-order valence-corrected chi connectivity index (χ2v) is 10.3. The van der Waals surface area contributed by atoms with Gasteiger partial charge in [-0.1, -0.05) is 6.07 Å². The lowest BCUT2D eigenvalue weighted by Gasteiger charge is -2.40. The molecule has 0 radical (unpaired) electrons. The third kappa shape index (κ3) is 4.40. The Morgan fingerprint density at radius 2 is 2.03 bits per heavy atom. The van der Waals surface area contributed by atoms with E-state index < -0.39 is 5.82 Å². The van der Waals surface area contributed by atoms with Crippen molar-refractivity contribution in [3.05, 3.63) is 58.2 Å². The first-order valence-corrected chi connectivity index (χ1v) is 12.5. The summed E-state index contributed by atoms with van der Waals surface area (Å²) in [7, 11) is 4.04. The van der Waals surface area contributed by atoms with Crippen LogP contribution in [-0.4, -0.2) is 72.1 Å². The highest BCUT2D eigenvalue weighted by Crippen LogP contribution is 2.55. The molecule has 3 aliphatic rings. The van der Waals surface area contributed by atoms with Crippen molar-refractivity contribution in [1.29, 1.82) is 0 Å². The van der Waals surface area contributed by atoms with Gasteiger partial charge in [0.15, 0.2) is 11.6 Å². The van der Waals surface area contributed by atoms with Gasteiger partial charge in [-0.25, -0.2) is 9.18 Å². The van der Waals surface area contributed by atoms with Crippen LogP contribution < -0.4 is 4.74 Å². The van der Waals surface area contributed by atoms with E-state index in [2.05, 4.69) is 16.0 Å². The van der Waals surface area contributed by atoms with Gasteiger partial charge in [-0.15, -0.1) is 0 Å². The van der Waals surface area contributed by atoms with Crippen LogP contribution in [0.3, 0.4) is 0 Å². The van der Waals surface area contributed by atoms with Gasteiger partial charge in [-0.3, -0.25) is 9.78 Å². The first kappa shape index (κ1) is 24.5. The first-order valence-electron chi connectivity index (χ1n) is 12.5. The van der Waals surface area contributed by atoms with Crippen molar-refractivity contribution >= 4 is 12.0 Å². The number of cyclic esters (lactones) is 1. The fourth-order valence-corrected chi connectivity index (χ4v) is 5.50. The summed E-state index contributed by atoms with van der Waals surface area (Å²) in [5.41, 5.74) is 4.39. The summed E-state index contributed by atoms with van der Waals surface area (Å²) >= 11 is 0. The maximum Gasteiger partial charge on any atom is 0.410 e. The molecule has 36 heavy (non-hydrogen) atoms. The first-order chi connectivity index (χ1) is 17.2. The molecule has 1 saturated carbocycles. The van der Waals surface area contributed by atoms with Crippen molar-refractivity contribution in [1.82, 2.24) is 19.7 Å². The van der Waals surface area contributed by atoms with E-state index in [1.165, 1.54) is 0 Å². The summed E-state index contributed by atoms with van der Waals surface area (Å²) in [4.78, 5) is 36.0. The second kappa shape index (κ2) is 9.35. The Morgan fingerprint density at radius 1 is 1.25 bits per heavy atom. The van der Waals surface area contributed by atoms with Gasteiger partial charge in [0.2, 0.25) is 0 Å². The summed E-state index contributed by atoms with van der Waals surface area (Å²) in [5, 5.41) is 0. The number of fused-ring (bicyclic) bond motifs is 2. The van der Waals surface area contributed by atoms with Crippen LogP contribution >= 0.6 is 0 Å². The van der Waals surface area contributed by atoms with Crippen LogP contribution in [0.4, 0.5) is 9.18 Å². The van der Waals surface area contributed by atoms with Gasteiger partial charge in [0.1, 0.15) is 6.61 Å². The molecule has 0 bridgehead atoms. The van der Waals surface area contributed by atoms with E-state index in [1.807, 2.05) is 32.0 Å².